The SMILES string of the molecule is NN=C1c2ccccc2-c2ccc(F)cc21. The van der Waals surface area contributed by atoms with Gasteiger partial charge < -0.3 is 5.84 Å². The summed E-state index contributed by atoms with van der Waals surface area (Å²) in [6.07, 6.45) is 0. The fraction of sp³-hybridized carbons (Fsp3) is 0. The van der Waals surface area contributed by atoms with E-state index in [0.29, 0.717) is 5.71 Å². The van der Waals surface area contributed by atoms with Gasteiger partial charge in [0.15, 0.2) is 0 Å². The Bertz CT molecular complexity index is 603. The molecule has 0 saturated carbocycles. The summed E-state index contributed by atoms with van der Waals surface area (Å²) in [5.41, 5.74) is 4.43. The Morgan fingerprint density at radius 1 is 0.875 bits per heavy atom. The van der Waals surface area contributed by atoms with Crippen LogP contribution in [-0.2, 0) is 0 Å². The molecule has 0 radical (unpaired) electrons. The van der Waals surface area contributed by atoms with Crippen molar-refractivity contribution in [2.45, 2.75) is 0 Å². The van der Waals surface area contributed by atoms with E-state index in [2.05, 4.69) is 5.10 Å². The summed E-state index contributed by atoms with van der Waals surface area (Å²) < 4.78 is 13.2. The van der Waals surface area contributed by atoms with Gasteiger partial charge in [0.25, 0.3) is 0 Å². The molecule has 1 aliphatic rings. The summed E-state index contributed by atoms with van der Waals surface area (Å²) >= 11 is 0. The summed E-state index contributed by atoms with van der Waals surface area (Å²) in [6.45, 7) is 0. The van der Waals surface area contributed by atoms with E-state index in [9.17, 15) is 4.39 Å². The van der Waals surface area contributed by atoms with Gasteiger partial charge in [-0.2, -0.15) is 5.10 Å². The van der Waals surface area contributed by atoms with Crippen molar-refractivity contribution in [3.05, 3.63) is 59.4 Å². The summed E-state index contributed by atoms with van der Waals surface area (Å²) in [7, 11) is 0. The first-order valence-electron chi connectivity index (χ1n) is 4.99. The quantitative estimate of drug-likeness (QED) is 0.451. The molecule has 0 amide bonds. The number of hydrazone groups is 1. The molecule has 16 heavy (non-hydrogen) atoms. The van der Waals surface area contributed by atoms with Crippen LogP contribution in [-0.4, -0.2) is 5.71 Å². The maximum absolute atomic E-state index is 13.2. The zero-order chi connectivity index (χ0) is 11.1. The fourth-order valence-corrected chi connectivity index (χ4v) is 2.16. The summed E-state index contributed by atoms with van der Waals surface area (Å²) in [6, 6.07) is 12.5. The molecule has 2 aromatic rings. The average molecular weight is 212 g/mol. The van der Waals surface area contributed by atoms with Crippen molar-refractivity contribution in [3.63, 3.8) is 0 Å². The molecule has 0 aliphatic heterocycles. The van der Waals surface area contributed by atoms with Crippen LogP contribution in [0.2, 0.25) is 0 Å². The monoisotopic (exact) mass is 212 g/mol. The molecule has 2 nitrogen and oxygen atoms in total. The van der Waals surface area contributed by atoms with Gasteiger partial charge in [0.2, 0.25) is 0 Å². The normalized spacial score (nSPS) is 14.9. The highest BCUT2D eigenvalue weighted by atomic mass is 19.1. The van der Waals surface area contributed by atoms with E-state index in [1.807, 2.05) is 24.3 Å². The van der Waals surface area contributed by atoms with Crippen molar-refractivity contribution < 1.29 is 4.39 Å². The second-order valence-corrected chi connectivity index (χ2v) is 3.71. The molecule has 0 aromatic heterocycles. The zero-order valence-corrected chi connectivity index (χ0v) is 8.44. The van der Waals surface area contributed by atoms with Crippen molar-refractivity contribution in [1.82, 2.24) is 0 Å². The highest BCUT2D eigenvalue weighted by molar-refractivity contribution is 6.24. The minimum absolute atomic E-state index is 0.271. The topological polar surface area (TPSA) is 38.4 Å². The lowest BCUT2D eigenvalue weighted by molar-refractivity contribution is 0.628. The smallest absolute Gasteiger partial charge is 0.123 e. The number of nitrogens with zero attached hydrogens (tertiary/aromatic N) is 1. The van der Waals surface area contributed by atoms with Crippen molar-refractivity contribution in [2.24, 2.45) is 10.9 Å². The number of nitrogens with two attached hydrogens (primary N) is 1. The number of benzene rings is 2. The minimum Gasteiger partial charge on any atom is -0.323 e. The third-order valence-electron chi connectivity index (χ3n) is 2.84. The van der Waals surface area contributed by atoms with Gasteiger partial charge in [-0.25, -0.2) is 4.39 Å². The highest BCUT2D eigenvalue weighted by Gasteiger charge is 2.24. The Balaban J connectivity index is 2.39. The molecule has 0 fully saturated rings. The Morgan fingerprint density at radius 2 is 1.56 bits per heavy atom. The molecule has 3 heteroatoms. The zero-order valence-electron chi connectivity index (χ0n) is 8.44. The predicted molar refractivity (Wildman–Crippen MR) is 61.7 cm³/mol. The van der Waals surface area contributed by atoms with E-state index < -0.39 is 0 Å². The van der Waals surface area contributed by atoms with Gasteiger partial charge in [0.1, 0.15) is 5.82 Å². The third-order valence-corrected chi connectivity index (χ3v) is 2.84. The maximum atomic E-state index is 13.2. The van der Waals surface area contributed by atoms with Crippen LogP contribution < -0.4 is 5.84 Å². The van der Waals surface area contributed by atoms with Crippen molar-refractivity contribution in [1.29, 1.82) is 0 Å². The molecule has 0 unspecified atom stereocenters. The van der Waals surface area contributed by atoms with E-state index in [1.54, 1.807) is 6.07 Å². The predicted octanol–water partition coefficient (Wildman–Crippen LogP) is 2.52. The van der Waals surface area contributed by atoms with Gasteiger partial charge in [0.05, 0.1) is 5.71 Å². The second-order valence-electron chi connectivity index (χ2n) is 3.71. The van der Waals surface area contributed by atoms with Gasteiger partial charge in [-0.05, 0) is 23.3 Å². The molecule has 0 heterocycles. The molecule has 0 atom stereocenters. The number of hydrogen-bond acceptors (Lipinski definition) is 2. The van der Waals surface area contributed by atoms with Gasteiger partial charge in [-0.15, -0.1) is 0 Å². The summed E-state index contributed by atoms with van der Waals surface area (Å²) in [5, 5.41) is 3.76. The Labute approximate surface area is 92.2 Å². The lowest BCUT2D eigenvalue weighted by Crippen LogP contribution is -2.02. The van der Waals surface area contributed by atoms with Gasteiger partial charge >= 0.3 is 0 Å². The third kappa shape index (κ3) is 1.08. The van der Waals surface area contributed by atoms with Crippen LogP contribution in [0.15, 0.2) is 47.6 Å². The molecule has 0 spiro atoms. The number of hydrogen-bond donors (Lipinski definition) is 1. The van der Waals surface area contributed by atoms with Crippen LogP contribution in [0.25, 0.3) is 11.1 Å². The second kappa shape index (κ2) is 3.17. The van der Waals surface area contributed by atoms with E-state index in [1.165, 1.54) is 12.1 Å². The molecule has 3 rings (SSSR count). The van der Waals surface area contributed by atoms with Gasteiger partial charge in [-0.3, -0.25) is 0 Å². The molecule has 0 bridgehead atoms. The molecule has 2 aromatic carbocycles. The van der Waals surface area contributed by atoms with Crippen LogP contribution >= 0.6 is 0 Å². The average Bonchev–Trinajstić information content (AvgIpc) is 2.61. The fourth-order valence-electron chi connectivity index (χ4n) is 2.16. The molecular weight excluding hydrogens is 203 g/mol. The standard InChI is InChI=1S/C13H9FN2/c14-8-5-6-10-9-3-1-2-4-11(9)13(16-15)12(10)7-8/h1-7H,15H2. The Kier molecular flexibility index (Phi) is 1.80. The number of halogens is 1. The summed E-state index contributed by atoms with van der Waals surface area (Å²) in [5.74, 6) is 5.11. The van der Waals surface area contributed by atoms with Gasteiger partial charge in [-0.1, -0.05) is 30.3 Å². The van der Waals surface area contributed by atoms with E-state index in [0.717, 1.165) is 22.3 Å². The van der Waals surface area contributed by atoms with Crippen LogP contribution in [0.3, 0.4) is 0 Å². The first kappa shape index (κ1) is 9.09. The lowest BCUT2D eigenvalue weighted by Gasteiger charge is -1.98. The molecule has 0 saturated heterocycles. The number of rotatable bonds is 0. The first-order chi connectivity index (χ1) is 7.81. The van der Waals surface area contributed by atoms with Crippen molar-refractivity contribution in [3.8, 4) is 11.1 Å². The summed E-state index contributed by atoms with van der Waals surface area (Å²) in [4.78, 5) is 0. The van der Waals surface area contributed by atoms with Crippen LogP contribution in [0.5, 0.6) is 0 Å². The van der Waals surface area contributed by atoms with E-state index in [-0.39, 0.29) is 5.82 Å². The van der Waals surface area contributed by atoms with Crippen LogP contribution in [0.1, 0.15) is 11.1 Å². The molecule has 2 N–H and O–H groups in total. The minimum atomic E-state index is -0.271. The van der Waals surface area contributed by atoms with E-state index in [4.69, 9.17) is 5.84 Å². The molecule has 1 aliphatic carbocycles. The number of fused-ring (bicyclic) bond motifs is 3. The van der Waals surface area contributed by atoms with Crippen LogP contribution in [0, 0.1) is 5.82 Å². The van der Waals surface area contributed by atoms with Crippen molar-refractivity contribution >= 4 is 5.71 Å². The first-order valence-corrected chi connectivity index (χ1v) is 4.99. The van der Waals surface area contributed by atoms with Crippen molar-refractivity contribution in [2.75, 3.05) is 0 Å². The molecular formula is C13H9FN2. The van der Waals surface area contributed by atoms with E-state index >= 15 is 0 Å². The largest absolute Gasteiger partial charge is 0.323 e. The Morgan fingerprint density at radius 3 is 2.31 bits per heavy atom. The maximum Gasteiger partial charge on any atom is 0.123 e. The molecule has 78 valence electrons. The Hall–Kier alpha value is -2.16. The highest BCUT2D eigenvalue weighted by Crippen LogP contribution is 2.36. The van der Waals surface area contributed by atoms with Gasteiger partial charge in [0, 0.05) is 11.1 Å². The lowest BCUT2D eigenvalue weighted by atomic mass is 10.1. The van der Waals surface area contributed by atoms with Crippen LogP contribution in [0.4, 0.5) is 4.39 Å².